The molecule has 0 unspecified atom stereocenters. The molecule has 0 atom stereocenters. The highest BCUT2D eigenvalue weighted by molar-refractivity contribution is 4.82. The molecule has 0 aliphatic heterocycles. The third-order valence-corrected chi connectivity index (χ3v) is 1.25. The van der Waals surface area contributed by atoms with Crippen LogP contribution in [-0.2, 0) is 0 Å². The van der Waals surface area contributed by atoms with Crippen molar-refractivity contribution >= 4 is 0 Å². The van der Waals surface area contributed by atoms with Crippen LogP contribution in [0.2, 0.25) is 0 Å². The summed E-state index contributed by atoms with van der Waals surface area (Å²) < 4.78 is 0. The Kier molecular flexibility index (Phi) is 0.360. The molecule has 0 radical (unpaired) electrons. The lowest BCUT2D eigenvalue weighted by atomic mass is 10.2. The van der Waals surface area contributed by atoms with E-state index >= 15 is 0 Å². The summed E-state index contributed by atoms with van der Waals surface area (Å²) in [5.41, 5.74) is 0.750. The van der Waals surface area contributed by atoms with E-state index in [0.29, 0.717) is 0 Å². The molecular weight excluding hydrogens is 60.1 g/mol. The van der Waals surface area contributed by atoms with E-state index in [0.717, 1.165) is 5.41 Å². The van der Waals surface area contributed by atoms with Crippen molar-refractivity contribution in [3.8, 4) is 0 Å². The summed E-state index contributed by atoms with van der Waals surface area (Å²) in [6.07, 6.45) is 2.90. The van der Waals surface area contributed by atoms with Crippen molar-refractivity contribution in [2.75, 3.05) is 0 Å². The van der Waals surface area contributed by atoms with Crippen molar-refractivity contribution < 1.29 is 0 Å². The number of hydrogen-bond acceptors (Lipinski definition) is 0. The van der Waals surface area contributed by atoms with Gasteiger partial charge < -0.3 is 0 Å². The van der Waals surface area contributed by atoms with Crippen LogP contribution in [0.25, 0.3) is 0 Å². The fourth-order valence-corrected chi connectivity index (χ4v) is 0.250. The van der Waals surface area contributed by atoms with Crippen LogP contribution in [0.1, 0.15) is 26.7 Å². The molecule has 1 saturated carbocycles. The van der Waals surface area contributed by atoms with E-state index in [1.54, 1.807) is 0 Å². The zero-order valence-electron chi connectivity index (χ0n) is 3.91. The van der Waals surface area contributed by atoms with E-state index < -0.39 is 0 Å². The Labute approximate surface area is 33.2 Å². The molecule has 0 N–H and O–H groups in total. The van der Waals surface area contributed by atoms with Crippen LogP contribution in [0.15, 0.2) is 0 Å². The lowest BCUT2D eigenvalue weighted by Crippen LogP contribution is -1.75. The van der Waals surface area contributed by atoms with Crippen molar-refractivity contribution in [2.24, 2.45) is 5.41 Å². The van der Waals surface area contributed by atoms with Gasteiger partial charge in [-0.15, -0.1) is 0 Å². The molecule has 0 amide bonds. The summed E-state index contributed by atoms with van der Waals surface area (Å²) in [7, 11) is 0. The minimum Gasteiger partial charge on any atom is -0.0599 e. The monoisotopic (exact) mass is 70.1 g/mol. The summed E-state index contributed by atoms with van der Waals surface area (Å²) in [6.45, 7) is 4.60. The van der Waals surface area contributed by atoms with Gasteiger partial charge in [0.05, 0.1) is 0 Å². The van der Waals surface area contributed by atoms with Crippen LogP contribution in [0.4, 0.5) is 0 Å². The first-order chi connectivity index (χ1) is 2.21. The van der Waals surface area contributed by atoms with Gasteiger partial charge in [-0.1, -0.05) is 13.8 Å². The smallest absolute Gasteiger partial charge is 0.0354 e. The standard InChI is InChI=1S/C5H10/c1-5(2)3-4-5/h3-4H2,1-2H3. The molecule has 30 valence electrons. The Bertz CT molecular complexity index is 38.0. The van der Waals surface area contributed by atoms with E-state index in [9.17, 15) is 0 Å². The minimum atomic E-state index is 0.750. The van der Waals surface area contributed by atoms with Gasteiger partial charge in [0.25, 0.3) is 0 Å². The average molecular weight is 70.1 g/mol. The zero-order chi connectivity index (χ0) is 3.91. The quantitative estimate of drug-likeness (QED) is 0.407. The van der Waals surface area contributed by atoms with Crippen LogP contribution in [0.5, 0.6) is 0 Å². The van der Waals surface area contributed by atoms with Crippen LogP contribution >= 0.6 is 0 Å². The van der Waals surface area contributed by atoms with E-state index in [1.165, 1.54) is 12.8 Å². The fourth-order valence-electron chi connectivity index (χ4n) is 0.250. The fraction of sp³-hybridized carbons (Fsp3) is 1.00. The van der Waals surface area contributed by atoms with Crippen LogP contribution in [0, 0.1) is 5.41 Å². The molecule has 0 heterocycles. The molecule has 0 heteroatoms. The van der Waals surface area contributed by atoms with Gasteiger partial charge in [-0.05, 0) is 18.3 Å². The first kappa shape index (κ1) is 3.20. The maximum Gasteiger partial charge on any atom is -0.0354 e. The van der Waals surface area contributed by atoms with Gasteiger partial charge in [-0.3, -0.25) is 0 Å². The summed E-state index contributed by atoms with van der Waals surface area (Å²) in [5.74, 6) is 0. The second-order valence-electron chi connectivity index (χ2n) is 2.66. The second-order valence-corrected chi connectivity index (χ2v) is 2.66. The molecule has 0 nitrogen and oxygen atoms in total. The highest BCUT2D eigenvalue weighted by atomic mass is 14.4. The SMILES string of the molecule is CC1(C)CC1. The molecule has 0 spiro atoms. The lowest BCUT2D eigenvalue weighted by Gasteiger charge is -1.86. The largest absolute Gasteiger partial charge is 0.0599 e. The van der Waals surface area contributed by atoms with E-state index in [4.69, 9.17) is 0 Å². The van der Waals surface area contributed by atoms with Crippen LogP contribution in [0.3, 0.4) is 0 Å². The first-order valence-corrected chi connectivity index (χ1v) is 2.21. The second kappa shape index (κ2) is 0.562. The Morgan fingerprint density at radius 1 is 1.20 bits per heavy atom. The highest BCUT2D eigenvalue weighted by Crippen LogP contribution is 2.43. The van der Waals surface area contributed by atoms with Gasteiger partial charge in [0.15, 0.2) is 0 Å². The molecule has 0 aromatic heterocycles. The molecule has 1 aliphatic rings. The molecule has 1 rings (SSSR count). The normalized spacial score (nSPS) is 30.0. The number of hydrogen-bond donors (Lipinski definition) is 0. The highest BCUT2D eigenvalue weighted by Gasteiger charge is 2.30. The maximum atomic E-state index is 2.30. The van der Waals surface area contributed by atoms with Crippen molar-refractivity contribution in [2.45, 2.75) is 26.7 Å². The average Bonchev–Trinajstić information content (AvgIpc) is 1.76. The predicted octanol–water partition coefficient (Wildman–Crippen LogP) is 1.81. The molecule has 5 heavy (non-hydrogen) atoms. The van der Waals surface area contributed by atoms with Gasteiger partial charge in [0.2, 0.25) is 0 Å². The van der Waals surface area contributed by atoms with Gasteiger partial charge in [-0.2, -0.15) is 0 Å². The topological polar surface area (TPSA) is 0 Å². The Morgan fingerprint density at radius 2 is 1.40 bits per heavy atom. The molecular formula is C5H10. The Hall–Kier alpha value is 0. The van der Waals surface area contributed by atoms with Crippen molar-refractivity contribution in [1.82, 2.24) is 0 Å². The lowest BCUT2D eigenvalue weighted by molar-refractivity contribution is 0.653. The summed E-state index contributed by atoms with van der Waals surface area (Å²) in [4.78, 5) is 0. The summed E-state index contributed by atoms with van der Waals surface area (Å²) in [6, 6.07) is 0. The van der Waals surface area contributed by atoms with Crippen LogP contribution in [-0.4, -0.2) is 0 Å². The molecule has 1 aliphatic carbocycles. The van der Waals surface area contributed by atoms with Crippen molar-refractivity contribution in [3.05, 3.63) is 0 Å². The molecule has 0 saturated heterocycles. The third kappa shape index (κ3) is 0.640. The zero-order valence-corrected chi connectivity index (χ0v) is 3.91. The third-order valence-electron chi connectivity index (χ3n) is 1.25. The summed E-state index contributed by atoms with van der Waals surface area (Å²) >= 11 is 0. The molecule has 1 fully saturated rings. The van der Waals surface area contributed by atoms with Gasteiger partial charge in [0.1, 0.15) is 0 Å². The maximum absolute atomic E-state index is 2.30. The van der Waals surface area contributed by atoms with E-state index in [2.05, 4.69) is 13.8 Å². The van der Waals surface area contributed by atoms with E-state index in [-0.39, 0.29) is 0 Å². The molecule has 0 aromatic rings. The molecule has 0 aromatic carbocycles. The minimum absolute atomic E-state index is 0.750. The van der Waals surface area contributed by atoms with Crippen LogP contribution < -0.4 is 0 Å². The van der Waals surface area contributed by atoms with Gasteiger partial charge in [-0.25, -0.2) is 0 Å². The predicted molar refractivity (Wildman–Crippen MR) is 23.0 cm³/mol. The van der Waals surface area contributed by atoms with Gasteiger partial charge >= 0.3 is 0 Å². The van der Waals surface area contributed by atoms with E-state index in [1.807, 2.05) is 0 Å². The Balaban J connectivity index is 2.38. The van der Waals surface area contributed by atoms with Crippen molar-refractivity contribution in [1.29, 1.82) is 0 Å². The Morgan fingerprint density at radius 3 is 1.40 bits per heavy atom. The summed E-state index contributed by atoms with van der Waals surface area (Å²) in [5, 5.41) is 0. The van der Waals surface area contributed by atoms with Crippen molar-refractivity contribution in [3.63, 3.8) is 0 Å². The molecule has 0 bridgehead atoms. The number of rotatable bonds is 0. The van der Waals surface area contributed by atoms with Gasteiger partial charge in [0, 0.05) is 0 Å². The first-order valence-electron chi connectivity index (χ1n) is 2.21.